The monoisotopic (exact) mass is 180 g/mol. The van der Waals surface area contributed by atoms with Crippen molar-refractivity contribution in [3.05, 3.63) is 24.2 Å². The quantitative estimate of drug-likeness (QED) is 0.712. The number of hydrogen-bond donors (Lipinski definition) is 2. The van der Waals surface area contributed by atoms with E-state index in [4.69, 9.17) is 10.2 Å². The largest absolute Gasteiger partial charge is 0.469 e. The van der Waals surface area contributed by atoms with Crippen LogP contribution in [0.15, 0.2) is 22.8 Å². The molecule has 0 bridgehead atoms. The predicted octanol–water partition coefficient (Wildman–Crippen LogP) is 1.07. The van der Waals surface area contributed by atoms with Crippen molar-refractivity contribution in [1.82, 2.24) is 5.32 Å². The number of furan rings is 1. The maximum absolute atomic E-state index is 5.67. The Labute approximate surface area is 78.3 Å². The van der Waals surface area contributed by atoms with Gasteiger partial charge in [-0.05, 0) is 25.0 Å². The fourth-order valence-electron chi connectivity index (χ4n) is 1.42. The smallest absolute Gasteiger partial charge is 0.109 e. The molecule has 3 heteroatoms. The van der Waals surface area contributed by atoms with Crippen LogP contribution in [0.1, 0.15) is 24.5 Å². The Morgan fingerprint density at radius 2 is 2.46 bits per heavy atom. The highest BCUT2D eigenvalue weighted by Gasteiger charge is 2.22. The van der Waals surface area contributed by atoms with Crippen LogP contribution in [0.25, 0.3) is 0 Å². The minimum atomic E-state index is 0.329. The van der Waals surface area contributed by atoms with Crippen molar-refractivity contribution in [1.29, 1.82) is 0 Å². The van der Waals surface area contributed by atoms with E-state index in [0.717, 1.165) is 18.3 Å². The summed E-state index contributed by atoms with van der Waals surface area (Å²) in [6.07, 6.45) is 4.33. The van der Waals surface area contributed by atoms with Gasteiger partial charge in [0.05, 0.1) is 6.26 Å². The maximum atomic E-state index is 5.67. The zero-order valence-electron chi connectivity index (χ0n) is 7.70. The van der Waals surface area contributed by atoms with E-state index in [2.05, 4.69) is 5.32 Å². The molecule has 0 spiro atoms. The lowest BCUT2D eigenvalue weighted by Crippen LogP contribution is -2.27. The van der Waals surface area contributed by atoms with Gasteiger partial charge in [-0.3, -0.25) is 0 Å². The van der Waals surface area contributed by atoms with Gasteiger partial charge in [-0.2, -0.15) is 0 Å². The highest BCUT2D eigenvalue weighted by Crippen LogP contribution is 2.21. The Hall–Kier alpha value is -0.800. The van der Waals surface area contributed by atoms with Crippen molar-refractivity contribution in [2.24, 2.45) is 5.73 Å². The van der Waals surface area contributed by atoms with Gasteiger partial charge in [0.2, 0.25) is 0 Å². The zero-order valence-corrected chi connectivity index (χ0v) is 7.70. The van der Waals surface area contributed by atoms with Crippen LogP contribution in [-0.4, -0.2) is 19.1 Å². The molecule has 72 valence electrons. The Bertz CT molecular complexity index is 241. The normalized spacial score (nSPS) is 18.8. The van der Waals surface area contributed by atoms with Crippen LogP contribution in [0.4, 0.5) is 0 Å². The Kier molecular flexibility index (Phi) is 2.66. The van der Waals surface area contributed by atoms with Gasteiger partial charge in [0.15, 0.2) is 0 Å². The first-order chi connectivity index (χ1) is 6.40. The van der Waals surface area contributed by atoms with E-state index in [1.165, 1.54) is 12.8 Å². The van der Waals surface area contributed by atoms with Crippen LogP contribution < -0.4 is 11.1 Å². The van der Waals surface area contributed by atoms with Gasteiger partial charge < -0.3 is 15.5 Å². The molecule has 1 unspecified atom stereocenters. The molecule has 1 aromatic rings. The third-order valence-electron chi connectivity index (χ3n) is 2.46. The number of nitrogens with one attached hydrogen (secondary N) is 1. The van der Waals surface area contributed by atoms with E-state index in [0.29, 0.717) is 12.5 Å². The van der Waals surface area contributed by atoms with Gasteiger partial charge in [-0.25, -0.2) is 0 Å². The molecule has 0 aliphatic heterocycles. The molecular formula is C10H16N2O. The van der Waals surface area contributed by atoms with Crippen LogP contribution in [-0.2, 0) is 0 Å². The molecule has 1 aliphatic carbocycles. The summed E-state index contributed by atoms with van der Waals surface area (Å²) in [5, 5.41) is 3.46. The van der Waals surface area contributed by atoms with Gasteiger partial charge >= 0.3 is 0 Å². The Morgan fingerprint density at radius 1 is 1.62 bits per heavy atom. The summed E-state index contributed by atoms with van der Waals surface area (Å²) < 4.78 is 5.32. The highest BCUT2D eigenvalue weighted by atomic mass is 16.3. The second-order valence-electron chi connectivity index (χ2n) is 3.63. The maximum Gasteiger partial charge on any atom is 0.109 e. The second-order valence-corrected chi connectivity index (χ2v) is 3.63. The summed E-state index contributed by atoms with van der Waals surface area (Å²) in [7, 11) is 0. The SMILES string of the molecule is NCC(CNC1CC1)c1ccco1. The minimum absolute atomic E-state index is 0.329. The van der Waals surface area contributed by atoms with E-state index in [1.54, 1.807) is 6.26 Å². The van der Waals surface area contributed by atoms with Gasteiger partial charge in [-0.15, -0.1) is 0 Å². The molecule has 0 aromatic carbocycles. The summed E-state index contributed by atoms with van der Waals surface area (Å²) >= 11 is 0. The van der Waals surface area contributed by atoms with E-state index >= 15 is 0 Å². The second kappa shape index (κ2) is 3.94. The lowest BCUT2D eigenvalue weighted by molar-refractivity contribution is 0.446. The standard InChI is InChI=1S/C10H16N2O/c11-6-8(7-12-9-3-4-9)10-2-1-5-13-10/h1-2,5,8-9,12H,3-4,6-7,11H2. The van der Waals surface area contributed by atoms with Crippen molar-refractivity contribution in [3.63, 3.8) is 0 Å². The van der Waals surface area contributed by atoms with Crippen molar-refractivity contribution >= 4 is 0 Å². The number of rotatable bonds is 5. The molecule has 0 saturated heterocycles. The predicted molar refractivity (Wildman–Crippen MR) is 51.5 cm³/mol. The van der Waals surface area contributed by atoms with Crippen molar-refractivity contribution in [3.8, 4) is 0 Å². The minimum Gasteiger partial charge on any atom is -0.469 e. The van der Waals surface area contributed by atoms with Crippen molar-refractivity contribution < 1.29 is 4.42 Å². The van der Waals surface area contributed by atoms with Crippen LogP contribution in [0.2, 0.25) is 0 Å². The molecule has 1 fully saturated rings. The molecule has 1 atom stereocenters. The molecule has 13 heavy (non-hydrogen) atoms. The Balaban J connectivity index is 1.85. The Morgan fingerprint density at radius 3 is 3.00 bits per heavy atom. The highest BCUT2D eigenvalue weighted by molar-refractivity contribution is 5.06. The summed E-state index contributed by atoms with van der Waals surface area (Å²) in [4.78, 5) is 0. The van der Waals surface area contributed by atoms with Crippen molar-refractivity contribution in [2.45, 2.75) is 24.8 Å². The van der Waals surface area contributed by atoms with E-state index < -0.39 is 0 Å². The molecule has 3 nitrogen and oxygen atoms in total. The molecule has 1 aliphatic rings. The fraction of sp³-hybridized carbons (Fsp3) is 0.600. The first-order valence-electron chi connectivity index (χ1n) is 4.87. The zero-order chi connectivity index (χ0) is 9.10. The van der Waals surface area contributed by atoms with Gasteiger partial charge in [0.25, 0.3) is 0 Å². The molecule has 0 amide bonds. The molecule has 1 aromatic heterocycles. The summed E-state index contributed by atoms with van der Waals surface area (Å²) in [5.74, 6) is 1.33. The molecule has 3 N–H and O–H groups in total. The van der Waals surface area contributed by atoms with E-state index in [1.807, 2.05) is 12.1 Å². The number of hydrogen-bond acceptors (Lipinski definition) is 3. The molecule has 0 radical (unpaired) electrons. The molecule has 1 heterocycles. The molecule has 1 saturated carbocycles. The lowest BCUT2D eigenvalue weighted by atomic mass is 10.1. The topological polar surface area (TPSA) is 51.2 Å². The third-order valence-corrected chi connectivity index (χ3v) is 2.46. The fourth-order valence-corrected chi connectivity index (χ4v) is 1.42. The first-order valence-corrected chi connectivity index (χ1v) is 4.87. The van der Waals surface area contributed by atoms with Crippen LogP contribution >= 0.6 is 0 Å². The molecule has 2 rings (SSSR count). The molecular weight excluding hydrogens is 164 g/mol. The average Bonchev–Trinajstić information content (AvgIpc) is 2.81. The average molecular weight is 180 g/mol. The third kappa shape index (κ3) is 2.32. The van der Waals surface area contributed by atoms with Crippen LogP contribution in [0.3, 0.4) is 0 Å². The lowest BCUT2D eigenvalue weighted by Gasteiger charge is -2.12. The first kappa shape index (κ1) is 8.78. The summed E-state index contributed by atoms with van der Waals surface area (Å²) in [5.41, 5.74) is 5.67. The van der Waals surface area contributed by atoms with Crippen LogP contribution in [0.5, 0.6) is 0 Å². The number of nitrogens with two attached hydrogens (primary N) is 1. The van der Waals surface area contributed by atoms with Gasteiger partial charge in [0.1, 0.15) is 5.76 Å². The van der Waals surface area contributed by atoms with E-state index in [9.17, 15) is 0 Å². The summed E-state index contributed by atoms with van der Waals surface area (Å²) in [6.45, 7) is 1.59. The van der Waals surface area contributed by atoms with Crippen molar-refractivity contribution in [2.75, 3.05) is 13.1 Å². The van der Waals surface area contributed by atoms with Crippen LogP contribution in [0, 0.1) is 0 Å². The van der Waals surface area contributed by atoms with E-state index in [-0.39, 0.29) is 0 Å². The van der Waals surface area contributed by atoms with Gasteiger partial charge in [-0.1, -0.05) is 0 Å². The van der Waals surface area contributed by atoms with Gasteiger partial charge in [0, 0.05) is 25.0 Å². The summed E-state index contributed by atoms with van der Waals surface area (Å²) in [6, 6.07) is 4.64.